The molecule has 0 saturated carbocycles. The van der Waals surface area contributed by atoms with Gasteiger partial charge in [-0.25, -0.2) is 0 Å². The van der Waals surface area contributed by atoms with Crippen LogP contribution in [0.5, 0.6) is 5.75 Å². The summed E-state index contributed by atoms with van der Waals surface area (Å²) in [6.07, 6.45) is 3.60. The summed E-state index contributed by atoms with van der Waals surface area (Å²) in [6.45, 7) is 0.642. The van der Waals surface area contributed by atoms with Gasteiger partial charge < -0.3 is 4.74 Å². The van der Waals surface area contributed by atoms with E-state index in [0.29, 0.717) is 6.61 Å². The Hall–Kier alpha value is -1.91. The zero-order valence-electron chi connectivity index (χ0n) is 9.91. The minimum atomic E-state index is 0.0161. The highest BCUT2D eigenvalue weighted by molar-refractivity contribution is 5.41. The van der Waals surface area contributed by atoms with E-state index in [9.17, 15) is 0 Å². The minimum absolute atomic E-state index is 0.0161. The van der Waals surface area contributed by atoms with E-state index >= 15 is 0 Å². The number of rotatable bonds is 3. The molecule has 2 atom stereocenters. The van der Waals surface area contributed by atoms with Gasteiger partial charge in [-0.05, 0) is 17.7 Å². The van der Waals surface area contributed by atoms with Gasteiger partial charge in [0.25, 0.3) is 0 Å². The molecule has 4 nitrogen and oxygen atoms in total. The summed E-state index contributed by atoms with van der Waals surface area (Å²) in [5.74, 6) is 6.88. The second-order valence-electron chi connectivity index (χ2n) is 4.39. The van der Waals surface area contributed by atoms with Gasteiger partial charge in [-0.2, -0.15) is 0 Å². The van der Waals surface area contributed by atoms with Crippen molar-refractivity contribution in [2.75, 3.05) is 6.61 Å². The zero-order chi connectivity index (χ0) is 12.4. The maximum Gasteiger partial charge on any atom is 0.122 e. The summed E-state index contributed by atoms with van der Waals surface area (Å²) in [4.78, 5) is 4.14. The van der Waals surface area contributed by atoms with Crippen LogP contribution in [-0.2, 0) is 0 Å². The van der Waals surface area contributed by atoms with Crippen molar-refractivity contribution in [1.29, 1.82) is 0 Å². The van der Waals surface area contributed by atoms with E-state index in [1.807, 2.05) is 36.5 Å². The third-order valence-electron chi connectivity index (χ3n) is 3.36. The van der Waals surface area contributed by atoms with Gasteiger partial charge in [0.2, 0.25) is 0 Å². The Kier molecular flexibility index (Phi) is 2.96. The molecule has 0 amide bonds. The molecule has 18 heavy (non-hydrogen) atoms. The van der Waals surface area contributed by atoms with Crippen molar-refractivity contribution >= 4 is 0 Å². The first-order valence-electron chi connectivity index (χ1n) is 5.98. The summed E-state index contributed by atoms with van der Waals surface area (Å²) in [6, 6.07) is 12.1. The topological polar surface area (TPSA) is 60.2 Å². The van der Waals surface area contributed by atoms with Crippen LogP contribution in [0.4, 0.5) is 0 Å². The minimum Gasteiger partial charge on any atom is -0.493 e. The van der Waals surface area contributed by atoms with Crippen LogP contribution >= 0.6 is 0 Å². The summed E-state index contributed by atoms with van der Waals surface area (Å²) in [5.41, 5.74) is 5.15. The fourth-order valence-electron chi connectivity index (χ4n) is 2.47. The summed E-state index contributed by atoms with van der Waals surface area (Å²) in [5, 5.41) is 0. The number of hydrazine groups is 1. The molecule has 1 aromatic carbocycles. The Balaban J connectivity index is 1.95. The standard InChI is InChI=1S/C14H15N3O/c15-17-14(10-4-3-7-16-8-10)12-9-18-13-6-2-1-5-11(12)13/h1-8,12,14,17H,9,15H2. The number of para-hydroxylation sites is 1. The molecule has 1 aromatic heterocycles. The van der Waals surface area contributed by atoms with Crippen molar-refractivity contribution < 1.29 is 4.74 Å². The summed E-state index contributed by atoms with van der Waals surface area (Å²) in [7, 11) is 0. The molecule has 4 heteroatoms. The van der Waals surface area contributed by atoms with E-state index in [-0.39, 0.29) is 12.0 Å². The lowest BCUT2D eigenvalue weighted by Gasteiger charge is -2.21. The molecule has 1 aliphatic rings. The molecule has 0 aliphatic carbocycles. The Labute approximate surface area is 106 Å². The average molecular weight is 241 g/mol. The second-order valence-corrected chi connectivity index (χ2v) is 4.39. The Morgan fingerprint density at radius 3 is 2.94 bits per heavy atom. The number of nitrogens with one attached hydrogen (secondary N) is 1. The number of aromatic nitrogens is 1. The number of hydrogen-bond acceptors (Lipinski definition) is 4. The van der Waals surface area contributed by atoms with E-state index < -0.39 is 0 Å². The Morgan fingerprint density at radius 2 is 2.17 bits per heavy atom. The van der Waals surface area contributed by atoms with Crippen molar-refractivity contribution in [2.24, 2.45) is 5.84 Å². The lowest BCUT2D eigenvalue weighted by Crippen LogP contribution is -2.33. The average Bonchev–Trinajstić information content (AvgIpc) is 2.85. The van der Waals surface area contributed by atoms with Gasteiger partial charge in [0.15, 0.2) is 0 Å². The number of pyridine rings is 1. The Bertz CT molecular complexity index is 530. The third kappa shape index (κ3) is 1.85. The molecule has 0 fully saturated rings. The molecular weight excluding hydrogens is 226 g/mol. The van der Waals surface area contributed by atoms with Gasteiger partial charge in [-0.3, -0.25) is 16.3 Å². The highest BCUT2D eigenvalue weighted by Crippen LogP contribution is 2.40. The SMILES string of the molecule is NNC(c1cccnc1)C1COc2ccccc21. The van der Waals surface area contributed by atoms with Crippen molar-refractivity contribution in [3.8, 4) is 5.75 Å². The van der Waals surface area contributed by atoms with Gasteiger partial charge in [-0.1, -0.05) is 24.3 Å². The highest BCUT2D eigenvalue weighted by atomic mass is 16.5. The maximum absolute atomic E-state index is 5.71. The van der Waals surface area contributed by atoms with Crippen LogP contribution in [0.25, 0.3) is 0 Å². The van der Waals surface area contributed by atoms with Crippen molar-refractivity contribution in [1.82, 2.24) is 10.4 Å². The molecule has 0 radical (unpaired) electrons. The summed E-state index contributed by atoms with van der Waals surface area (Å²) < 4.78 is 5.70. The number of nitrogens with zero attached hydrogens (tertiary/aromatic N) is 1. The van der Waals surface area contributed by atoms with E-state index in [1.54, 1.807) is 6.20 Å². The first kappa shape index (κ1) is 11.2. The van der Waals surface area contributed by atoms with E-state index in [0.717, 1.165) is 11.3 Å². The maximum atomic E-state index is 5.71. The molecule has 2 aromatic rings. The van der Waals surface area contributed by atoms with Crippen LogP contribution in [0.1, 0.15) is 23.1 Å². The monoisotopic (exact) mass is 241 g/mol. The smallest absolute Gasteiger partial charge is 0.122 e. The van der Waals surface area contributed by atoms with Gasteiger partial charge in [-0.15, -0.1) is 0 Å². The molecule has 2 heterocycles. The molecule has 0 saturated heterocycles. The number of hydrogen-bond donors (Lipinski definition) is 2. The van der Waals surface area contributed by atoms with Gasteiger partial charge in [0.1, 0.15) is 5.75 Å². The Morgan fingerprint density at radius 1 is 1.28 bits per heavy atom. The van der Waals surface area contributed by atoms with Crippen LogP contribution < -0.4 is 16.0 Å². The molecule has 0 spiro atoms. The first-order chi connectivity index (χ1) is 8.90. The number of benzene rings is 1. The van der Waals surface area contributed by atoms with Crippen LogP contribution in [0.15, 0.2) is 48.8 Å². The predicted octanol–water partition coefficient (Wildman–Crippen LogP) is 1.76. The molecule has 2 unspecified atom stereocenters. The number of ether oxygens (including phenoxy) is 1. The second kappa shape index (κ2) is 4.76. The lowest BCUT2D eigenvalue weighted by atomic mass is 9.90. The summed E-state index contributed by atoms with van der Waals surface area (Å²) >= 11 is 0. The van der Waals surface area contributed by atoms with Crippen LogP contribution in [0.3, 0.4) is 0 Å². The van der Waals surface area contributed by atoms with Crippen LogP contribution in [0, 0.1) is 0 Å². The van der Waals surface area contributed by atoms with E-state index in [1.165, 1.54) is 5.56 Å². The van der Waals surface area contributed by atoms with Crippen LogP contribution in [-0.4, -0.2) is 11.6 Å². The highest BCUT2D eigenvalue weighted by Gasteiger charge is 2.31. The fraction of sp³-hybridized carbons (Fsp3) is 0.214. The van der Waals surface area contributed by atoms with Gasteiger partial charge in [0.05, 0.1) is 12.6 Å². The largest absolute Gasteiger partial charge is 0.493 e. The molecular formula is C14H15N3O. The quantitative estimate of drug-likeness (QED) is 0.635. The number of nitrogens with two attached hydrogens (primary N) is 1. The molecule has 3 N–H and O–H groups in total. The molecule has 1 aliphatic heterocycles. The first-order valence-corrected chi connectivity index (χ1v) is 5.98. The normalized spacial score (nSPS) is 19.1. The van der Waals surface area contributed by atoms with Gasteiger partial charge in [0, 0.05) is 23.9 Å². The third-order valence-corrected chi connectivity index (χ3v) is 3.36. The fourth-order valence-corrected chi connectivity index (χ4v) is 2.47. The van der Waals surface area contributed by atoms with Gasteiger partial charge >= 0.3 is 0 Å². The van der Waals surface area contributed by atoms with Crippen molar-refractivity contribution in [3.05, 3.63) is 59.9 Å². The van der Waals surface area contributed by atoms with Crippen molar-refractivity contribution in [3.63, 3.8) is 0 Å². The van der Waals surface area contributed by atoms with E-state index in [2.05, 4.69) is 16.5 Å². The molecule has 0 bridgehead atoms. The molecule has 3 rings (SSSR count). The van der Waals surface area contributed by atoms with Crippen molar-refractivity contribution in [2.45, 2.75) is 12.0 Å². The van der Waals surface area contributed by atoms with Crippen LogP contribution in [0.2, 0.25) is 0 Å². The lowest BCUT2D eigenvalue weighted by molar-refractivity contribution is 0.300. The number of fused-ring (bicyclic) bond motifs is 1. The predicted molar refractivity (Wildman–Crippen MR) is 69.0 cm³/mol. The molecule has 92 valence electrons. The van der Waals surface area contributed by atoms with E-state index in [4.69, 9.17) is 10.6 Å². The zero-order valence-corrected chi connectivity index (χ0v) is 9.91.